The van der Waals surface area contributed by atoms with Crippen molar-refractivity contribution in [1.29, 1.82) is 0 Å². The molecule has 0 aliphatic heterocycles. The molecule has 3 heteroatoms. The second-order valence-corrected chi connectivity index (χ2v) is 0.744. The third-order valence-corrected chi connectivity index (χ3v) is 0.285. The highest BCUT2D eigenvalue weighted by molar-refractivity contribution is 4.62. The molecule has 0 fully saturated rings. The van der Waals surface area contributed by atoms with Crippen LogP contribution in [0.5, 0.6) is 0 Å². The molecule has 0 saturated carbocycles. The van der Waals surface area contributed by atoms with Gasteiger partial charge in [0.1, 0.15) is 0 Å². The van der Waals surface area contributed by atoms with Gasteiger partial charge in [-0.1, -0.05) is 20.9 Å². The van der Waals surface area contributed by atoms with Crippen LogP contribution in [0.15, 0.2) is 12.7 Å². The average molecular weight is 138 g/mol. The molecule has 0 radical (unpaired) electrons. The van der Waals surface area contributed by atoms with Crippen LogP contribution in [0, 0.1) is 0 Å². The molecule has 0 heterocycles. The molecular weight excluding hydrogens is 120 g/mol. The van der Waals surface area contributed by atoms with Crippen molar-refractivity contribution in [2.75, 3.05) is 13.7 Å². The lowest BCUT2D eigenvalue weighted by Crippen LogP contribution is -1.76. The van der Waals surface area contributed by atoms with Crippen LogP contribution in [-0.4, -0.2) is 24.2 Å². The summed E-state index contributed by atoms with van der Waals surface area (Å²) in [4.78, 5) is 0. The second kappa shape index (κ2) is 48.6. The molecule has 0 aliphatic carbocycles. The van der Waals surface area contributed by atoms with Gasteiger partial charge in [0.15, 0.2) is 0 Å². The molecule has 0 aromatic carbocycles. The summed E-state index contributed by atoms with van der Waals surface area (Å²) in [5.41, 5.74) is 0. The highest BCUT2D eigenvalue weighted by atomic mass is 17.0. The maximum Gasteiger partial charge on any atom is 0.0641 e. The zero-order valence-corrected chi connectivity index (χ0v) is 4.29. The van der Waals surface area contributed by atoms with Crippen molar-refractivity contribution in [3.8, 4) is 0 Å². The minimum atomic E-state index is 0. The topological polar surface area (TPSA) is 49.7 Å². The van der Waals surface area contributed by atoms with Gasteiger partial charge >= 0.3 is 0 Å². The quantitative estimate of drug-likeness (QED) is 0.349. The van der Waals surface area contributed by atoms with Crippen LogP contribution in [0.1, 0.15) is 14.9 Å². The van der Waals surface area contributed by atoms with E-state index < -0.39 is 0 Å². The first kappa shape index (κ1) is 23.4. The Morgan fingerprint density at radius 3 is 1.78 bits per heavy atom. The summed E-state index contributed by atoms with van der Waals surface area (Å²) >= 11 is 0. The Morgan fingerprint density at radius 1 is 1.44 bits per heavy atom. The minimum absolute atomic E-state index is 0. The van der Waals surface area contributed by atoms with Crippen LogP contribution in [-0.2, 0) is 4.74 Å². The van der Waals surface area contributed by atoms with E-state index in [0.29, 0.717) is 6.61 Å². The molecule has 0 unspecified atom stereocenters. The van der Waals surface area contributed by atoms with Gasteiger partial charge < -0.3 is 4.74 Å². The number of methoxy groups -OCH3 is 1. The van der Waals surface area contributed by atoms with Crippen molar-refractivity contribution in [3.63, 3.8) is 0 Å². The normalized spacial score (nSPS) is 4.78. The van der Waals surface area contributed by atoms with E-state index in [9.17, 15) is 0 Å². The molecule has 3 nitrogen and oxygen atoms in total. The van der Waals surface area contributed by atoms with Crippen LogP contribution in [0.4, 0.5) is 0 Å². The van der Waals surface area contributed by atoms with Crippen molar-refractivity contribution in [3.05, 3.63) is 12.7 Å². The Kier molecular flexibility index (Phi) is 127. The van der Waals surface area contributed by atoms with Gasteiger partial charge in [-0.05, 0) is 0 Å². The summed E-state index contributed by atoms with van der Waals surface area (Å²) in [6.07, 6.45) is 1.71. The molecule has 0 saturated heterocycles. The first-order chi connectivity index (χ1) is 3.41. The van der Waals surface area contributed by atoms with E-state index in [4.69, 9.17) is 10.5 Å². The van der Waals surface area contributed by atoms with Crippen LogP contribution in [0.25, 0.3) is 0 Å². The van der Waals surface area contributed by atoms with Gasteiger partial charge in [-0.3, -0.25) is 10.5 Å². The van der Waals surface area contributed by atoms with Crippen molar-refractivity contribution in [2.24, 2.45) is 0 Å². The molecule has 2 N–H and O–H groups in total. The number of hydrogen-bond acceptors (Lipinski definition) is 3. The van der Waals surface area contributed by atoms with Gasteiger partial charge in [0.25, 0.3) is 0 Å². The number of ether oxygens (including phenoxy) is 1. The fraction of sp³-hybridized carbons (Fsp3) is 0.667. The van der Waals surface area contributed by atoms with E-state index in [1.54, 1.807) is 13.2 Å². The lowest BCUT2D eigenvalue weighted by molar-refractivity contribution is -0.176. The molecule has 60 valence electrons. The van der Waals surface area contributed by atoms with Crippen molar-refractivity contribution in [1.82, 2.24) is 0 Å². The molecule has 0 aromatic heterocycles. The van der Waals surface area contributed by atoms with Gasteiger partial charge in [0.05, 0.1) is 6.61 Å². The van der Waals surface area contributed by atoms with Crippen molar-refractivity contribution in [2.45, 2.75) is 14.9 Å². The predicted molar refractivity (Wildman–Crippen MR) is 40.8 cm³/mol. The lowest BCUT2D eigenvalue weighted by Gasteiger charge is -1.79. The first-order valence-electron chi connectivity index (χ1n) is 1.71. The van der Waals surface area contributed by atoms with Crippen molar-refractivity contribution >= 4 is 0 Å². The molecule has 0 amide bonds. The molecule has 0 spiro atoms. The summed E-state index contributed by atoms with van der Waals surface area (Å²) in [7, 11) is 1.64. The molecule has 0 aromatic rings. The van der Waals surface area contributed by atoms with Crippen LogP contribution >= 0.6 is 0 Å². The summed E-state index contributed by atoms with van der Waals surface area (Å²) in [6.45, 7) is 4.08. The Balaban J connectivity index is -0.0000000286. The summed E-state index contributed by atoms with van der Waals surface area (Å²) in [6, 6.07) is 0. The van der Waals surface area contributed by atoms with E-state index >= 15 is 0 Å². The Bertz CT molecular complexity index is 29.5. The maximum atomic E-state index is 6.00. The van der Waals surface area contributed by atoms with E-state index in [1.807, 2.05) is 0 Å². The van der Waals surface area contributed by atoms with Crippen LogP contribution < -0.4 is 0 Å². The fourth-order valence-corrected chi connectivity index (χ4v) is 0.118. The largest absolute Gasteiger partial charge is 0.381 e. The van der Waals surface area contributed by atoms with Gasteiger partial charge in [-0.2, -0.15) is 0 Å². The molecule has 0 bridgehead atoms. The van der Waals surface area contributed by atoms with Crippen LogP contribution in [0.2, 0.25) is 0 Å². The molecule has 0 rings (SSSR count). The Labute approximate surface area is 57.5 Å². The maximum absolute atomic E-state index is 6.00. The average Bonchev–Trinajstić information content (AvgIpc) is 1.75. The first-order valence-corrected chi connectivity index (χ1v) is 1.71. The highest BCUT2D eigenvalue weighted by Gasteiger charge is 1.58. The molecule has 0 aliphatic rings. The summed E-state index contributed by atoms with van der Waals surface area (Å²) in [5.74, 6) is 0. The molecular formula is C6H18O3. The van der Waals surface area contributed by atoms with E-state index in [1.165, 1.54) is 0 Å². The third-order valence-electron chi connectivity index (χ3n) is 0.285. The smallest absolute Gasteiger partial charge is 0.0641 e. The lowest BCUT2D eigenvalue weighted by atomic mass is 10.7. The summed E-state index contributed by atoms with van der Waals surface area (Å²) < 4.78 is 4.57. The highest BCUT2D eigenvalue weighted by Crippen LogP contribution is 1.60. The number of hydrogen-bond donors (Lipinski definition) is 2. The third kappa shape index (κ3) is 91.7. The standard InChI is InChI=1S/C4H8O.2CH4.H2O2/c1-3-4-5-2;;;1-2/h3H,1,4H2,2H3;2*1H4;1-2H. The Morgan fingerprint density at radius 2 is 1.78 bits per heavy atom. The van der Waals surface area contributed by atoms with E-state index in [-0.39, 0.29) is 14.9 Å². The zero-order chi connectivity index (χ0) is 6.12. The van der Waals surface area contributed by atoms with Gasteiger partial charge in [-0.25, -0.2) is 0 Å². The minimum Gasteiger partial charge on any atom is -0.381 e. The van der Waals surface area contributed by atoms with Crippen molar-refractivity contribution < 1.29 is 15.3 Å². The molecule has 9 heavy (non-hydrogen) atoms. The van der Waals surface area contributed by atoms with Gasteiger partial charge in [-0.15, -0.1) is 6.58 Å². The summed E-state index contributed by atoms with van der Waals surface area (Å²) in [5, 5.41) is 12.0. The van der Waals surface area contributed by atoms with Gasteiger partial charge in [0.2, 0.25) is 0 Å². The monoisotopic (exact) mass is 138 g/mol. The SMILES string of the molecule is C.C.C=CCOC.OO. The fourth-order valence-electron chi connectivity index (χ4n) is 0.118. The second-order valence-electron chi connectivity index (χ2n) is 0.744. The number of rotatable bonds is 2. The predicted octanol–water partition coefficient (Wildman–Crippen LogP) is 2.11. The van der Waals surface area contributed by atoms with E-state index in [0.717, 1.165) is 0 Å². The zero-order valence-electron chi connectivity index (χ0n) is 4.29. The molecule has 0 atom stereocenters. The van der Waals surface area contributed by atoms with E-state index in [2.05, 4.69) is 11.3 Å². The van der Waals surface area contributed by atoms with Crippen LogP contribution in [0.3, 0.4) is 0 Å². The van der Waals surface area contributed by atoms with Gasteiger partial charge in [0, 0.05) is 7.11 Å². The Hall–Kier alpha value is -0.380.